The van der Waals surface area contributed by atoms with Crippen LogP contribution in [0.4, 0.5) is 0 Å². The number of nitrogens with zero attached hydrogens (tertiary/aromatic N) is 3. The molecule has 0 aliphatic heterocycles. The molecule has 90 valence electrons. The number of esters is 1. The second-order valence-electron chi connectivity index (χ2n) is 3.60. The van der Waals surface area contributed by atoms with Crippen molar-refractivity contribution in [2.45, 2.75) is 13.3 Å². The number of aryl methyl sites for hydroxylation is 1. The molecule has 0 bridgehead atoms. The Bertz CT molecular complexity index is 562. The minimum Gasteiger partial charge on any atom is -0.482 e. The van der Waals surface area contributed by atoms with E-state index < -0.39 is 0 Å². The topological polar surface area (TPSA) is 65.7 Å². The van der Waals surface area contributed by atoms with Crippen LogP contribution in [0.15, 0.2) is 12.3 Å². The average Bonchev–Trinajstić information content (AvgIpc) is 2.69. The Morgan fingerprint density at radius 1 is 1.41 bits per heavy atom. The average molecular weight is 235 g/mol. The fourth-order valence-corrected chi connectivity index (χ4v) is 1.56. The maximum atomic E-state index is 11.2. The lowest BCUT2D eigenvalue weighted by Crippen LogP contribution is -2.04. The molecule has 0 saturated heterocycles. The van der Waals surface area contributed by atoms with E-state index in [1.165, 1.54) is 7.11 Å². The number of hydrogen-bond donors (Lipinski definition) is 0. The zero-order valence-electron chi connectivity index (χ0n) is 9.93. The second-order valence-corrected chi connectivity index (χ2v) is 3.60. The van der Waals surface area contributed by atoms with Crippen molar-refractivity contribution in [1.29, 1.82) is 0 Å². The van der Waals surface area contributed by atoms with Crippen LogP contribution in [-0.4, -0.2) is 34.6 Å². The summed E-state index contributed by atoms with van der Waals surface area (Å²) < 4.78 is 11.5. The van der Waals surface area contributed by atoms with Crippen molar-refractivity contribution in [3.05, 3.63) is 23.7 Å². The Kier molecular flexibility index (Phi) is 2.95. The third-order valence-electron chi connectivity index (χ3n) is 2.35. The van der Waals surface area contributed by atoms with Crippen molar-refractivity contribution in [3.8, 4) is 5.88 Å². The molecule has 17 heavy (non-hydrogen) atoms. The Balaban J connectivity index is 2.45. The highest BCUT2D eigenvalue weighted by atomic mass is 16.5. The maximum absolute atomic E-state index is 11.2. The number of carbonyl (C=O) groups excluding carboxylic acids is 1. The standard InChI is InChI=1S/C11H13N3O3/c1-7-4-9(16-2)14-6-8(5-10(15)17-3)13-11(14)12-7/h4,6H,5H2,1-3H3. The first kappa shape index (κ1) is 11.4. The molecule has 6 nitrogen and oxygen atoms in total. The minimum atomic E-state index is -0.330. The zero-order valence-corrected chi connectivity index (χ0v) is 9.93. The number of methoxy groups -OCH3 is 2. The first-order chi connectivity index (χ1) is 8.13. The quantitative estimate of drug-likeness (QED) is 0.735. The second kappa shape index (κ2) is 4.40. The Morgan fingerprint density at radius 3 is 2.82 bits per heavy atom. The van der Waals surface area contributed by atoms with E-state index in [9.17, 15) is 4.79 Å². The first-order valence-electron chi connectivity index (χ1n) is 5.10. The van der Waals surface area contributed by atoms with Crippen molar-refractivity contribution in [3.63, 3.8) is 0 Å². The lowest BCUT2D eigenvalue weighted by Gasteiger charge is -2.03. The molecular weight excluding hydrogens is 222 g/mol. The SMILES string of the molecule is COC(=O)Cc1cn2c(OC)cc(C)nc2n1. The third-order valence-corrected chi connectivity index (χ3v) is 2.35. The molecule has 0 aromatic carbocycles. The summed E-state index contributed by atoms with van der Waals surface area (Å²) in [5.41, 5.74) is 1.41. The van der Waals surface area contributed by atoms with E-state index in [1.807, 2.05) is 6.92 Å². The Morgan fingerprint density at radius 2 is 2.18 bits per heavy atom. The summed E-state index contributed by atoms with van der Waals surface area (Å²) in [7, 11) is 2.93. The molecule has 0 N–H and O–H groups in total. The van der Waals surface area contributed by atoms with E-state index in [0.717, 1.165) is 5.69 Å². The summed E-state index contributed by atoms with van der Waals surface area (Å²) in [6.45, 7) is 1.86. The van der Waals surface area contributed by atoms with Crippen LogP contribution in [0.5, 0.6) is 5.88 Å². The molecule has 0 radical (unpaired) electrons. The summed E-state index contributed by atoms with van der Waals surface area (Å²) in [6, 6.07) is 1.80. The van der Waals surface area contributed by atoms with Crippen LogP contribution < -0.4 is 4.74 Å². The molecule has 0 aliphatic rings. The van der Waals surface area contributed by atoms with E-state index in [4.69, 9.17) is 4.74 Å². The largest absolute Gasteiger partial charge is 0.482 e. The monoisotopic (exact) mass is 235 g/mol. The molecule has 0 atom stereocenters. The van der Waals surface area contributed by atoms with Crippen molar-refractivity contribution < 1.29 is 14.3 Å². The van der Waals surface area contributed by atoms with Gasteiger partial charge < -0.3 is 9.47 Å². The summed E-state index contributed by atoms with van der Waals surface area (Å²) in [5.74, 6) is 0.820. The number of hydrogen-bond acceptors (Lipinski definition) is 5. The molecule has 0 unspecified atom stereocenters. The van der Waals surface area contributed by atoms with Crippen molar-refractivity contribution >= 4 is 11.7 Å². The molecular formula is C11H13N3O3. The minimum absolute atomic E-state index is 0.127. The van der Waals surface area contributed by atoms with Gasteiger partial charge in [0.15, 0.2) is 0 Å². The molecule has 0 amide bonds. The smallest absolute Gasteiger partial charge is 0.311 e. The van der Waals surface area contributed by atoms with Crippen LogP contribution in [0.2, 0.25) is 0 Å². The van der Waals surface area contributed by atoms with Crippen LogP contribution in [0, 0.1) is 6.92 Å². The number of imidazole rings is 1. The van der Waals surface area contributed by atoms with Crippen LogP contribution >= 0.6 is 0 Å². The van der Waals surface area contributed by atoms with Gasteiger partial charge in [0.1, 0.15) is 0 Å². The summed E-state index contributed by atoms with van der Waals surface area (Å²) in [6.07, 6.45) is 1.85. The van der Waals surface area contributed by atoms with Crippen molar-refractivity contribution in [1.82, 2.24) is 14.4 Å². The maximum Gasteiger partial charge on any atom is 0.311 e. The molecule has 0 fully saturated rings. The highest BCUT2D eigenvalue weighted by molar-refractivity contribution is 5.72. The Labute approximate surface area is 98.2 Å². The van der Waals surface area contributed by atoms with Crippen LogP contribution in [0.25, 0.3) is 5.78 Å². The number of rotatable bonds is 3. The number of carbonyl (C=O) groups is 1. The fraction of sp³-hybridized carbons (Fsp3) is 0.364. The van der Waals surface area contributed by atoms with E-state index in [1.54, 1.807) is 23.8 Å². The molecule has 2 rings (SSSR count). The van der Waals surface area contributed by atoms with Gasteiger partial charge in [-0.15, -0.1) is 0 Å². The van der Waals surface area contributed by atoms with E-state index in [2.05, 4.69) is 14.7 Å². The van der Waals surface area contributed by atoms with Gasteiger partial charge in [0.25, 0.3) is 0 Å². The lowest BCUT2D eigenvalue weighted by atomic mass is 10.3. The molecule has 6 heteroatoms. The van der Waals surface area contributed by atoms with Gasteiger partial charge in [-0.25, -0.2) is 9.97 Å². The normalized spacial score (nSPS) is 10.5. The molecule has 2 heterocycles. The molecule has 0 saturated carbocycles. The number of fused-ring (bicyclic) bond motifs is 1. The predicted octanol–water partition coefficient (Wildman–Crippen LogP) is 0.762. The van der Waals surface area contributed by atoms with Gasteiger partial charge >= 0.3 is 5.97 Å². The predicted molar refractivity (Wildman–Crippen MR) is 60.0 cm³/mol. The van der Waals surface area contributed by atoms with E-state index >= 15 is 0 Å². The molecule has 0 aliphatic carbocycles. The van der Waals surface area contributed by atoms with E-state index in [-0.39, 0.29) is 12.4 Å². The molecule has 2 aromatic heterocycles. The van der Waals surface area contributed by atoms with Gasteiger partial charge in [0.2, 0.25) is 11.7 Å². The van der Waals surface area contributed by atoms with Gasteiger partial charge in [-0.1, -0.05) is 0 Å². The summed E-state index contributed by atoms with van der Waals surface area (Å²) in [5, 5.41) is 0. The van der Waals surface area contributed by atoms with Crippen molar-refractivity contribution in [2.24, 2.45) is 0 Å². The summed E-state index contributed by atoms with van der Waals surface area (Å²) >= 11 is 0. The van der Waals surface area contributed by atoms with Gasteiger partial charge in [-0.3, -0.25) is 9.20 Å². The molecule has 0 spiro atoms. The van der Waals surface area contributed by atoms with Crippen LogP contribution in [0.3, 0.4) is 0 Å². The lowest BCUT2D eigenvalue weighted by molar-refractivity contribution is -0.139. The highest BCUT2D eigenvalue weighted by Crippen LogP contribution is 2.15. The van der Waals surface area contributed by atoms with Gasteiger partial charge in [0.05, 0.1) is 26.3 Å². The number of ether oxygens (including phenoxy) is 2. The van der Waals surface area contributed by atoms with Gasteiger partial charge in [-0.2, -0.15) is 0 Å². The first-order valence-corrected chi connectivity index (χ1v) is 5.10. The van der Waals surface area contributed by atoms with Crippen molar-refractivity contribution in [2.75, 3.05) is 14.2 Å². The third kappa shape index (κ3) is 2.20. The van der Waals surface area contributed by atoms with Gasteiger partial charge in [-0.05, 0) is 6.92 Å². The van der Waals surface area contributed by atoms with Gasteiger partial charge in [0, 0.05) is 18.0 Å². The van der Waals surface area contributed by atoms with Crippen LogP contribution in [0.1, 0.15) is 11.4 Å². The molecule has 2 aromatic rings. The summed E-state index contributed by atoms with van der Waals surface area (Å²) in [4.78, 5) is 19.7. The van der Waals surface area contributed by atoms with Crippen LogP contribution in [-0.2, 0) is 16.0 Å². The number of aromatic nitrogens is 3. The van der Waals surface area contributed by atoms with E-state index in [0.29, 0.717) is 17.4 Å². The fourth-order valence-electron chi connectivity index (χ4n) is 1.56. The zero-order chi connectivity index (χ0) is 12.4. The Hall–Kier alpha value is -2.11. The highest BCUT2D eigenvalue weighted by Gasteiger charge is 2.11.